The minimum Gasteiger partial charge on any atom is -0.232 e. The second kappa shape index (κ2) is 4.86. The molecule has 1 heterocycles. The van der Waals surface area contributed by atoms with Crippen molar-refractivity contribution in [2.75, 3.05) is 0 Å². The van der Waals surface area contributed by atoms with E-state index < -0.39 is 0 Å². The van der Waals surface area contributed by atoms with Crippen LogP contribution < -0.4 is 0 Å². The fourth-order valence-corrected chi connectivity index (χ4v) is 1.94. The lowest BCUT2D eigenvalue weighted by Gasteiger charge is -2.07. The highest BCUT2D eigenvalue weighted by molar-refractivity contribution is 14.1. The molecule has 17 heavy (non-hydrogen) atoms. The molecule has 0 saturated carbocycles. The Morgan fingerprint density at radius 1 is 1.24 bits per heavy atom. The van der Waals surface area contributed by atoms with Crippen LogP contribution in [-0.4, -0.2) is 9.97 Å². The van der Waals surface area contributed by atoms with Crippen molar-refractivity contribution in [3.05, 3.63) is 44.0 Å². The van der Waals surface area contributed by atoms with Gasteiger partial charge in [0, 0.05) is 5.56 Å². The summed E-state index contributed by atoms with van der Waals surface area (Å²) in [4.78, 5) is 8.52. The van der Waals surface area contributed by atoms with Gasteiger partial charge in [-0.2, -0.15) is 0 Å². The van der Waals surface area contributed by atoms with Crippen LogP contribution in [0.25, 0.3) is 11.4 Å². The number of benzene rings is 1. The maximum Gasteiger partial charge on any atom is 0.161 e. The van der Waals surface area contributed by atoms with Gasteiger partial charge in [0.25, 0.3) is 0 Å². The Kier molecular flexibility index (Phi) is 3.63. The van der Waals surface area contributed by atoms with E-state index in [2.05, 4.69) is 32.6 Å². The molecule has 0 aliphatic heterocycles. The average molecular weight is 363 g/mol. The predicted molar refractivity (Wildman–Crippen MR) is 74.6 cm³/mol. The number of aryl methyl sites for hydroxylation is 2. The van der Waals surface area contributed by atoms with Crippen molar-refractivity contribution < 1.29 is 4.39 Å². The zero-order valence-corrected chi connectivity index (χ0v) is 12.2. The van der Waals surface area contributed by atoms with Gasteiger partial charge in [-0.1, -0.05) is 17.7 Å². The van der Waals surface area contributed by atoms with Crippen LogP contribution in [0.3, 0.4) is 0 Å². The Hall–Kier alpha value is -0.750. The molecule has 0 aliphatic rings. The SMILES string of the molecule is Cc1ccc(F)cc1-c1nc(C)c(I)c(Cl)n1. The van der Waals surface area contributed by atoms with Crippen LogP contribution in [0, 0.1) is 23.2 Å². The Balaban J connectivity index is 2.64. The fraction of sp³-hybridized carbons (Fsp3) is 0.167. The number of aromatic nitrogens is 2. The van der Waals surface area contributed by atoms with Crippen LogP contribution in [0.2, 0.25) is 5.15 Å². The molecule has 0 unspecified atom stereocenters. The lowest BCUT2D eigenvalue weighted by Crippen LogP contribution is -1.98. The molecule has 2 aromatic rings. The first kappa shape index (κ1) is 12.7. The van der Waals surface area contributed by atoms with E-state index in [1.54, 1.807) is 6.07 Å². The van der Waals surface area contributed by atoms with Crippen molar-refractivity contribution in [2.45, 2.75) is 13.8 Å². The Morgan fingerprint density at radius 2 is 1.94 bits per heavy atom. The Labute approximate surface area is 117 Å². The van der Waals surface area contributed by atoms with Gasteiger partial charge in [-0.3, -0.25) is 0 Å². The lowest BCUT2D eigenvalue weighted by molar-refractivity contribution is 0.627. The average Bonchev–Trinajstić information content (AvgIpc) is 2.28. The third-order valence-electron chi connectivity index (χ3n) is 2.42. The first-order valence-electron chi connectivity index (χ1n) is 4.95. The highest BCUT2D eigenvalue weighted by Gasteiger charge is 2.11. The minimum atomic E-state index is -0.304. The first-order chi connectivity index (χ1) is 7.99. The summed E-state index contributed by atoms with van der Waals surface area (Å²) in [5.41, 5.74) is 2.39. The summed E-state index contributed by atoms with van der Waals surface area (Å²) in [5, 5.41) is 0.400. The van der Waals surface area contributed by atoms with Crippen molar-refractivity contribution in [1.82, 2.24) is 9.97 Å². The first-order valence-corrected chi connectivity index (χ1v) is 6.41. The van der Waals surface area contributed by atoms with Crippen LogP contribution in [0.5, 0.6) is 0 Å². The van der Waals surface area contributed by atoms with Gasteiger partial charge in [0.05, 0.1) is 9.26 Å². The van der Waals surface area contributed by atoms with Crippen LogP contribution in [0.1, 0.15) is 11.3 Å². The maximum absolute atomic E-state index is 13.2. The molecule has 2 rings (SSSR count). The van der Waals surface area contributed by atoms with E-state index >= 15 is 0 Å². The van der Waals surface area contributed by atoms with Gasteiger partial charge < -0.3 is 0 Å². The standard InChI is InChI=1S/C12H9ClFIN2/c1-6-3-4-8(14)5-9(6)12-16-7(2)10(15)11(13)17-12/h3-5H,1-2H3. The molecule has 2 nitrogen and oxygen atoms in total. The summed E-state index contributed by atoms with van der Waals surface area (Å²) in [6.45, 7) is 3.74. The van der Waals surface area contributed by atoms with Gasteiger partial charge in [-0.15, -0.1) is 0 Å². The number of hydrogen-bond acceptors (Lipinski definition) is 2. The van der Waals surface area contributed by atoms with E-state index in [0.717, 1.165) is 14.8 Å². The van der Waals surface area contributed by atoms with Crippen molar-refractivity contribution in [1.29, 1.82) is 0 Å². The van der Waals surface area contributed by atoms with Crippen molar-refractivity contribution >= 4 is 34.2 Å². The smallest absolute Gasteiger partial charge is 0.161 e. The Bertz CT molecular complexity index is 564. The molecular weight excluding hydrogens is 354 g/mol. The topological polar surface area (TPSA) is 25.8 Å². The molecule has 0 radical (unpaired) electrons. The van der Waals surface area contributed by atoms with E-state index in [1.165, 1.54) is 12.1 Å². The zero-order chi connectivity index (χ0) is 12.6. The highest BCUT2D eigenvalue weighted by Crippen LogP contribution is 2.25. The molecule has 0 saturated heterocycles. The third-order valence-corrected chi connectivity index (χ3v) is 4.30. The largest absolute Gasteiger partial charge is 0.232 e. The fourth-order valence-electron chi connectivity index (χ4n) is 1.48. The van der Waals surface area contributed by atoms with Crippen LogP contribution >= 0.6 is 34.2 Å². The number of nitrogens with zero attached hydrogens (tertiary/aromatic N) is 2. The number of rotatable bonds is 1. The van der Waals surface area contributed by atoms with Gasteiger partial charge in [0.15, 0.2) is 5.82 Å². The summed E-state index contributed by atoms with van der Waals surface area (Å²) < 4.78 is 14.0. The molecule has 0 fully saturated rings. The van der Waals surface area contributed by atoms with Gasteiger partial charge in [-0.05, 0) is 54.1 Å². The second-order valence-corrected chi connectivity index (χ2v) is 5.13. The molecule has 0 aliphatic carbocycles. The van der Waals surface area contributed by atoms with Gasteiger partial charge in [-0.25, -0.2) is 14.4 Å². The predicted octanol–water partition coefficient (Wildman–Crippen LogP) is 4.16. The Morgan fingerprint density at radius 3 is 2.59 bits per heavy atom. The van der Waals surface area contributed by atoms with Crippen molar-refractivity contribution in [2.24, 2.45) is 0 Å². The summed E-state index contributed by atoms with van der Waals surface area (Å²) in [7, 11) is 0. The summed E-state index contributed by atoms with van der Waals surface area (Å²) >= 11 is 8.10. The quantitative estimate of drug-likeness (QED) is 0.562. The summed E-state index contributed by atoms with van der Waals surface area (Å²) in [6, 6.07) is 4.54. The van der Waals surface area contributed by atoms with Gasteiger partial charge in [0.1, 0.15) is 11.0 Å². The highest BCUT2D eigenvalue weighted by atomic mass is 127. The molecule has 88 valence electrons. The van der Waals surface area contributed by atoms with E-state index in [4.69, 9.17) is 11.6 Å². The molecule has 0 amide bonds. The van der Waals surface area contributed by atoms with Crippen LogP contribution in [0.4, 0.5) is 4.39 Å². The van der Waals surface area contributed by atoms with E-state index in [0.29, 0.717) is 16.5 Å². The van der Waals surface area contributed by atoms with Crippen molar-refractivity contribution in [3.8, 4) is 11.4 Å². The molecule has 1 aromatic carbocycles. The van der Waals surface area contributed by atoms with E-state index in [9.17, 15) is 4.39 Å². The van der Waals surface area contributed by atoms with E-state index in [-0.39, 0.29) is 5.82 Å². The van der Waals surface area contributed by atoms with Gasteiger partial charge >= 0.3 is 0 Å². The second-order valence-electron chi connectivity index (χ2n) is 3.70. The monoisotopic (exact) mass is 362 g/mol. The summed E-state index contributed by atoms with van der Waals surface area (Å²) in [5.74, 6) is 0.159. The molecule has 0 N–H and O–H groups in total. The molecule has 1 aromatic heterocycles. The normalized spacial score (nSPS) is 10.6. The third kappa shape index (κ3) is 2.57. The minimum absolute atomic E-state index is 0.304. The zero-order valence-electron chi connectivity index (χ0n) is 9.26. The van der Waals surface area contributed by atoms with Crippen LogP contribution in [-0.2, 0) is 0 Å². The number of halogens is 3. The lowest BCUT2D eigenvalue weighted by atomic mass is 10.1. The molecule has 0 bridgehead atoms. The molecule has 5 heteroatoms. The van der Waals surface area contributed by atoms with E-state index in [1.807, 2.05) is 13.8 Å². The molecule has 0 atom stereocenters. The van der Waals surface area contributed by atoms with Gasteiger partial charge in [0.2, 0.25) is 0 Å². The van der Waals surface area contributed by atoms with Crippen LogP contribution in [0.15, 0.2) is 18.2 Å². The molecule has 0 spiro atoms. The maximum atomic E-state index is 13.2. The number of hydrogen-bond donors (Lipinski definition) is 0. The summed E-state index contributed by atoms with van der Waals surface area (Å²) in [6.07, 6.45) is 0. The molecular formula is C12H9ClFIN2. The van der Waals surface area contributed by atoms with Crippen molar-refractivity contribution in [3.63, 3.8) is 0 Å².